The number of hydrogen-bond acceptors (Lipinski definition) is 6. The van der Waals surface area contributed by atoms with Crippen molar-refractivity contribution in [1.29, 1.82) is 0 Å². The maximum atomic E-state index is 12.1. The summed E-state index contributed by atoms with van der Waals surface area (Å²) in [6, 6.07) is 17.2. The Labute approximate surface area is 163 Å². The SMILES string of the molecule is CC(C(=O)O)N(CC(=O)OCc1ccccc1)CC(=O)OCc1ccccc1. The highest BCUT2D eigenvalue weighted by molar-refractivity contribution is 5.79. The van der Waals surface area contributed by atoms with E-state index in [0.29, 0.717) is 0 Å². The molecule has 0 amide bonds. The predicted molar refractivity (Wildman–Crippen MR) is 101 cm³/mol. The number of nitrogens with zero attached hydrogens (tertiary/aromatic N) is 1. The molecule has 148 valence electrons. The van der Waals surface area contributed by atoms with Crippen molar-refractivity contribution in [3.05, 3.63) is 71.8 Å². The van der Waals surface area contributed by atoms with E-state index in [0.717, 1.165) is 11.1 Å². The first-order chi connectivity index (χ1) is 13.5. The number of carbonyl (C=O) groups excluding carboxylic acids is 2. The molecule has 0 saturated carbocycles. The summed E-state index contributed by atoms with van der Waals surface area (Å²) in [6.07, 6.45) is 0. The van der Waals surface area contributed by atoms with Gasteiger partial charge in [-0.05, 0) is 18.1 Å². The average molecular weight is 385 g/mol. The van der Waals surface area contributed by atoms with Gasteiger partial charge in [0.25, 0.3) is 0 Å². The second-order valence-corrected chi connectivity index (χ2v) is 6.21. The summed E-state index contributed by atoms with van der Waals surface area (Å²) < 4.78 is 10.3. The van der Waals surface area contributed by atoms with Crippen molar-refractivity contribution in [3.8, 4) is 0 Å². The lowest BCUT2D eigenvalue weighted by Crippen LogP contribution is -2.45. The van der Waals surface area contributed by atoms with Gasteiger partial charge in [0, 0.05) is 0 Å². The van der Waals surface area contributed by atoms with Crippen LogP contribution in [-0.4, -0.2) is 47.0 Å². The fourth-order valence-corrected chi connectivity index (χ4v) is 2.39. The van der Waals surface area contributed by atoms with E-state index >= 15 is 0 Å². The second-order valence-electron chi connectivity index (χ2n) is 6.21. The van der Waals surface area contributed by atoms with E-state index < -0.39 is 23.9 Å². The Kier molecular flexibility index (Phi) is 8.17. The summed E-state index contributed by atoms with van der Waals surface area (Å²) in [5, 5.41) is 9.25. The number of ether oxygens (including phenoxy) is 2. The Morgan fingerprint density at radius 1 is 0.821 bits per heavy atom. The van der Waals surface area contributed by atoms with Crippen molar-refractivity contribution in [2.24, 2.45) is 0 Å². The molecule has 0 aliphatic rings. The van der Waals surface area contributed by atoms with Gasteiger partial charge in [-0.2, -0.15) is 0 Å². The number of esters is 2. The summed E-state index contributed by atoms with van der Waals surface area (Å²) in [7, 11) is 0. The number of hydrogen-bond donors (Lipinski definition) is 1. The van der Waals surface area contributed by atoms with Crippen LogP contribution in [0.5, 0.6) is 0 Å². The molecule has 0 aromatic heterocycles. The van der Waals surface area contributed by atoms with Crippen molar-refractivity contribution in [2.45, 2.75) is 26.2 Å². The minimum atomic E-state index is -1.15. The van der Waals surface area contributed by atoms with Gasteiger partial charge in [0.2, 0.25) is 0 Å². The van der Waals surface area contributed by atoms with Gasteiger partial charge in [-0.25, -0.2) is 0 Å². The maximum Gasteiger partial charge on any atom is 0.320 e. The first kappa shape index (κ1) is 21.1. The van der Waals surface area contributed by atoms with Crippen molar-refractivity contribution in [1.82, 2.24) is 4.90 Å². The third-order valence-corrected chi connectivity index (χ3v) is 4.05. The van der Waals surface area contributed by atoms with Gasteiger partial charge in [0.1, 0.15) is 19.3 Å². The third-order valence-electron chi connectivity index (χ3n) is 4.05. The zero-order valence-electron chi connectivity index (χ0n) is 15.6. The van der Waals surface area contributed by atoms with Crippen LogP contribution in [0.25, 0.3) is 0 Å². The van der Waals surface area contributed by atoms with Gasteiger partial charge in [-0.15, -0.1) is 0 Å². The lowest BCUT2D eigenvalue weighted by Gasteiger charge is -2.24. The summed E-state index contributed by atoms with van der Waals surface area (Å²) in [5.41, 5.74) is 1.63. The minimum absolute atomic E-state index is 0.0768. The van der Waals surface area contributed by atoms with Gasteiger partial charge in [-0.3, -0.25) is 19.3 Å². The summed E-state index contributed by atoms with van der Waals surface area (Å²) in [5.74, 6) is -2.38. The molecule has 0 heterocycles. The molecule has 7 nitrogen and oxygen atoms in total. The normalized spacial score (nSPS) is 11.6. The van der Waals surface area contributed by atoms with Crippen LogP contribution in [0.3, 0.4) is 0 Å². The quantitative estimate of drug-likeness (QED) is 0.627. The fourth-order valence-electron chi connectivity index (χ4n) is 2.39. The van der Waals surface area contributed by atoms with Gasteiger partial charge >= 0.3 is 17.9 Å². The van der Waals surface area contributed by atoms with Crippen LogP contribution in [-0.2, 0) is 37.1 Å². The molecule has 0 fully saturated rings. The number of carboxylic acid groups (broad SMARTS) is 1. The van der Waals surface area contributed by atoms with Crippen LogP contribution in [0.1, 0.15) is 18.1 Å². The first-order valence-corrected chi connectivity index (χ1v) is 8.81. The molecule has 0 aliphatic heterocycles. The molecule has 2 rings (SSSR count). The lowest BCUT2D eigenvalue weighted by atomic mass is 10.2. The Balaban J connectivity index is 1.88. The molecular weight excluding hydrogens is 362 g/mol. The highest BCUT2D eigenvalue weighted by Crippen LogP contribution is 2.06. The Morgan fingerprint density at radius 2 is 1.21 bits per heavy atom. The fraction of sp³-hybridized carbons (Fsp3) is 0.286. The summed E-state index contributed by atoms with van der Waals surface area (Å²) in [4.78, 5) is 36.7. The number of benzene rings is 2. The monoisotopic (exact) mass is 385 g/mol. The molecule has 0 aliphatic carbocycles. The molecule has 1 unspecified atom stereocenters. The third kappa shape index (κ3) is 7.20. The van der Waals surface area contributed by atoms with Crippen LogP contribution in [0.15, 0.2) is 60.7 Å². The van der Waals surface area contributed by atoms with Crippen LogP contribution in [0.4, 0.5) is 0 Å². The molecular formula is C21H23NO6. The largest absolute Gasteiger partial charge is 0.480 e. The standard InChI is InChI=1S/C21H23NO6/c1-16(21(25)26)22(12-19(23)27-14-17-8-4-2-5-9-17)13-20(24)28-15-18-10-6-3-7-11-18/h2-11,16H,12-15H2,1H3,(H,25,26). The number of carboxylic acids is 1. The smallest absolute Gasteiger partial charge is 0.320 e. The van der Waals surface area contributed by atoms with Gasteiger partial charge in [0.05, 0.1) is 13.1 Å². The van der Waals surface area contributed by atoms with E-state index in [9.17, 15) is 19.5 Å². The molecule has 2 aromatic rings. The highest BCUT2D eigenvalue weighted by Gasteiger charge is 2.26. The van der Waals surface area contributed by atoms with E-state index in [-0.39, 0.29) is 26.3 Å². The van der Waals surface area contributed by atoms with Crippen LogP contribution in [0, 0.1) is 0 Å². The molecule has 0 saturated heterocycles. The molecule has 2 aromatic carbocycles. The first-order valence-electron chi connectivity index (χ1n) is 8.81. The average Bonchev–Trinajstić information content (AvgIpc) is 2.71. The second kappa shape index (κ2) is 10.8. The molecule has 0 radical (unpaired) electrons. The highest BCUT2D eigenvalue weighted by atomic mass is 16.5. The number of rotatable bonds is 10. The zero-order valence-corrected chi connectivity index (χ0v) is 15.6. The van der Waals surface area contributed by atoms with E-state index in [1.165, 1.54) is 11.8 Å². The minimum Gasteiger partial charge on any atom is -0.480 e. The molecule has 0 spiro atoms. The van der Waals surface area contributed by atoms with Crippen molar-refractivity contribution < 1.29 is 29.0 Å². The van der Waals surface area contributed by atoms with Crippen LogP contribution in [0.2, 0.25) is 0 Å². The van der Waals surface area contributed by atoms with E-state index in [4.69, 9.17) is 9.47 Å². The molecule has 0 bridgehead atoms. The van der Waals surface area contributed by atoms with E-state index in [1.807, 2.05) is 60.7 Å². The molecule has 1 N–H and O–H groups in total. The van der Waals surface area contributed by atoms with Crippen molar-refractivity contribution in [2.75, 3.05) is 13.1 Å². The van der Waals surface area contributed by atoms with Gasteiger partial charge in [-0.1, -0.05) is 60.7 Å². The van der Waals surface area contributed by atoms with Crippen LogP contribution >= 0.6 is 0 Å². The molecule has 1 atom stereocenters. The van der Waals surface area contributed by atoms with Gasteiger partial charge < -0.3 is 14.6 Å². The number of carbonyl (C=O) groups is 3. The molecule has 7 heteroatoms. The topological polar surface area (TPSA) is 93.1 Å². The van der Waals surface area contributed by atoms with Crippen LogP contribution < -0.4 is 0 Å². The summed E-state index contributed by atoms with van der Waals surface area (Å²) in [6.45, 7) is 0.888. The Morgan fingerprint density at radius 3 is 1.57 bits per heavy atom. The Bertz CT molecular complexity index is 720. The zero-order chi connectivity index (χ0) is 20.4. The molecule has 28 heavy (non-hydrogen) atoms. The van der Waals surface area contributed by atoms with E-state index in [2.05, 4.69) is 0 Å². The maximum absolute atomic E-state index is 12.1. The predicted octanol–water partition coefficient (Wildman–Crippen LogP) is 2.25. The number of aliphatic carboxylic acids is 1. The van der Waals surface area contributed by atoms with Gasteiger partial charge in [0.15, 0.2) is 0 Å². The van der Waals surface area contributed by atoms with E-state index in [1.54, 1.807) is 0 Å². The summed E-state index contributed by atoms with van der Waals surface area (Å²) >= 11 is 0. The van der Waals surface area contributed by atoms with Crippen molar-refractivity contribution in [3.63, 3.8) is 0 Å². The lowest BCUT2D eigenvalue weighted by molar-refractivity contribution is -0.154. The Hall–Kier alpha value is -3.19. The van der Waals surface area contributed by atoms with Crippen molar-refractivity contribution >= 4 is 17.9 Å².